The molecule has 0 spiro atoms. The summed E-state index contributed by atoms with van der Waals surface area (Å²) < 4.78 is 30.1. The van der Waals surface area contributed by atoms with E-state index in [2.05, 4.69) is 41.1 Å². The summed E-state index contributed by atoms with van der Waals surface area (Å²) in [5.74, 6) is -0.618. The molecule has 39 heavy (non-hydrogen) atoms. The molecule has 0 saturated heterocycles. The molecule has 0 aliphatic rings. The van der Waals surface area contributed by atoms with Crippen LogP contribution >= 0.6 is 23.2 Å². The predicted molar refractivity (Wildman–Crippen MR) is 158 cm³/mol. The molecule has 0 atom stereocenters. The smallest absolute Gasteiger partial charge is 0.264 e. The average molecular weight is 584 g/mol. The summed E-state index contributed by atoms with van der Waals surface area (Å²) in [5.41, 5.74) is 8.94. The van der Waals surface area contributed by atoms with Gasteiger partial charge in [0, 0.05) is 27.0 Å². The molecule has 1 N–H and O–H groups in total. The third-order valence-electron chi connectivity index (χ3n) is 6.31. The first-order valence-electron chi connectivity index (χ1n) is 12.1. The molecule has 4 aromatic rings. The number of sulfonamides is 1. The van der Waals surface area contributed by atoms with Crippen LogP contribution in [-0.2, 0) is 14.8 Å². The molecule has 3 aromatic carbocycles. The number of para-hydroxylation sites is 1. The second-order valence-corrected chi connectivity index (χ2v) is 11.9. The van der Waals surface area contributed by atoms with E-state index >= 15 is 0 Å². The first kappa shape index (κ1) is 28.4. The van der Waals surface area contributed by atoms with Gasteiger partial charge >= 0.3 is 0 Å². The Morgan fingerprint density at radius 3 is 2.21 bits per heavy atom. The largest absolute Gasteiger partial charge is 0.317 e. The van der Waals surface area contributed by atoms with E-state index in [1.165, 1.54) is 30.3 Å². The van der Waals surface area contributed by atoms with E-state index < -0.39 is 22.5 Å². The van der Waals surface area contributed by atoms with Crippen molar-refractivity contribution >= 4 is 51.0 Å². The summed E-state index contributed by atoms with van der Waals surface area (Å²) in [4.78, 5) is 12.9. The van der Waals surface area contributed by atoms with Crippen LogP contribution in [0.2, 0.25) is 10.0 Å². The Bertz CT molecular complexity index is 1640. The SMILES string of the molecule is Cc1cccc(C)c1-n1c(C)cc(/C=N\NC(=O)CN(c2cccc(Cl)c2)S(=O)(=O)c2ccc(Cl)cc2)c1C. The van der Waals surface area contributed by atoms with E-state index in [-0.39, 0.29) is 10.6 Å². The van der Waals surface area contributed by atoms with Gasteiger partial charge in [-0.15, -0.1) is 0 Å². The number of amides is 1. The number of hydrazone groups is 1. The van der Waals surface area contributed by atoms with Gasteiger partial charge in [0.25, 0.3) is 15.9 Å². The van der Waals surface area contributed by atoms with Crippen LogP contribution in [0.4, 0.5) is 5.69 Å². The lowest BCUT2D eigenvalue weighted by molar-refractivity contribution is -0.119. The Balaban J connectivity index is 1.57. The number of halogens is 2. The van der Waals surface area contributed by atoms with Crippen LogP contribution in [0.3, 0.4) is 0 Å². The normalized spacial score (nSPS) is 11.6. The van der Waals surface area contributed by atoms with Crippen molar-refractivity contribution in [2.45, 2.75) is 32.6 Å². The highest BCUT2D eigenvalue weighted by molar-refractivity contribution is 7.92. The fraction of sp³-hybridized carbons (Fsp3) is 0.172. The van der Waals surface area contributed by atoms with Gasteiger partial charge in [-0.2, -0.15) is 5.10 Å². The third-order valence-corrected chi connectivity index (χ3v) is 8.59. The van der Waals surface area contributed by atoms with Gasteiger partial charge in [-0.3, -0.25) is 9.10 Å². The number of carbonyl (C=O) groups is 1. The minimum atomic E-state index is -4.11. The minimum absolute atomic E-state index is 0.0119. The first-order valence-corrected chi connectivity index (χ1v) is 14.3. The van der Waals surface area contributed by atoms with Gasteiger partial charge in [-0.1, -0.05) is 47.5 Å². The van der Waals surface area contributed by atoms with Crippen LogP contribution in [0, 0.1) is 27.7 Å². The first-order chi connectivity index (χ1) is 18.5. The second kappa shape index (κ2) is 11.7. The number of hydrogen-bond donors (Lipinski definition) is 1. The molecule has 0 bridgehead atoms. The van der Waals surface area contributed by atoms with Crippen molar-refractivity contribution in [1.29, 1.82) is 0 Å². The maximum absolute atomic E-state index is 13.5. The molecule has 0 aliphatic heterocycles. The molecule has 202 valence electrons. The minimum Gasteiger partial charge on any atom is -0.317 e. The van der Waals surface area contributed by atoms with Crippen LogP contribution in [0.5, 0.6) is 0 Å². The Hall–Kier alpha value is -3.59. The topological polar surface area (TPSA) is 83.8 Å². The van der Waals surface area contributed by atoms with Crippen molar-refractivity contribution in [3.63, 3.8) is 0 Å². The van der Waals surface area contributed by atoms with E-state index in [0.717, 1.165) is 38.1 Å². The Labute approximate surface area is 238 Å². The van der Waals surface area contributed by atoms with Crippen molar-refractivity contribution in [2.24, 2.45) is 5.10 Å². The van der Waals surface area contributed by atoms with Crippen molar-refractivity contribution in [3.05, 3.63) is 111 Å². The molecular formula is C29H28Cl2N4O3S. The fourth-order valence-corrected chi connectivity index (χ4v) is 6.16. The van der Waals surface area contributed by atoms with Crippen LogP contribution in [0.15, 0.2) is 82.8 Å². The number of nitrogens with one attached hydrogen (secondary N) is 1. The molecule has 0 unspecified atom stereocenters. The number of benzene rings is 3. The molecule has 7 nitrogen and oxygen atoms in total. The molecule has 1 aromatic heterocycles. The number of anilines is 1. The number of aryl methyl sites for hydroxylation is 3. The molecule has 1 heterocycles. The van der Waals surface area contributed by atoms with Crippen molar-refractivity contribution in [2.75, 3.05) is 10.8 Å². The Kier molecular flexibility index (Phi) is 8.49. The Morgan fingerprint density at radius 2 is 1.56 bits per heavy atom. The van der Waals surface area contributed by atoms with Gasteiger partial charge in [0.15, 0.2) is 0 Å². The van der Waals surface area contributed by atoms with Crippen LogP contribution < -0.4 is 9.73 Å². The average Bonchev–Trinajstić information content (AvgIpc) is 3.15. The zero-order valence-electron chi connectivity index (χ0n) is 21.9. The molecule has 0 aliphatic carbocycles. The highest BCUT2D eigenvalue weighted by atomic mass is 35.5. The second-order valence-electron chi connectivity index (χ2n) is 9.14. The molecule has 1 amide bonds. The van der Waals surface area contributed by atoms with Crippen molar-refractivity contribution in [1.82, 2.24) is 9.99 Å². The standard InChI is InChI=1S/C29H28Cl2N4O3S/c1-19-7-5-8-20(2)29(19)35-21(3)15-23(22(35)4)17-32-33-28(36)18-34(26-10-6-9-25(31)16-26)39(37,38)27-13-11-24(30)12-14-27/h5-17H,18H2,1-4H3,(H,33,36)/b32-17-. The number of nitrogens with zero attached hydrogens (tertiary/aromatic N) is 3. The van der Waals surface area contributed by atoms with Gasteiger partial charge in [-0.05, 0) is 87.4 Å². The fourth-order valence-electron chi connectivity index (χ4n) is 4.44. The molecule has 10 heteroatoms. The quantitative estimate of drug-likeness (QED) is 0.194. The summed E-state index contributed by atoms with van der Waals surface area (Å²) in [6.45, 7) is 7.63. The lowest BCUT2D eigenvalue weighted by atomic mass is 10.1. The van der Waals surface area contributed by atoms with Gasteiger partial charge in [0.1, 0.15) is 6.54 Å². The van der Waals surface area contributed by atoms with Crippen LogP contribution in [0.1, 0.15) is 28.1 Å². The highest BCUT2D eigenvalue weighted by Gasteiger charge is 2.27. The highest BCUT2D eigenvalue weighted by Crippen LogP contribution is 2.27. The summed E-state index contributed by atoms with van der Waals surface area (Å²) >= 11 is 12.1. The van der Waals surface area contributed by atoms with E-state index in [0.29, 0.717) is 10.0 Å². The van der Waals surface area contributed by atoms with E-state index in [1.807, 2.05) is 26.0 Å². The van der Waals surface area contributed by atoms with Gasteiger partial charge in [0.2, 0.25) is 0 Å². The molecule has 4 rings (SSSR count). The predicted octanol–water partition coefficient (Wildman–Crippen LogP) is 6.36. The van der Waals surface area contributed by atoms with E-state index in [4.69, 9.17) is 23.2 Å². The molecule has 0 saturated carbocycles. The lowest BCUT2D eigenvalue weighted by Gasteiger charge is -2.23. The summed E-state index contributed by atoms with van der Waals surface area (Å²) in [6, 6.07) is 20.2. The monoisotopic (exact) mass is 582 g/mol. The zero-order valence-corrected chi connectivity index (χ0v) is 24.3. The molecule has 0 fully saturated rings. The Morgan fingerprint density at radius 1 is 0.923 bits per heavy atom. The molecule has 0 radical (unpaired) electrons. The lowest BCUT2D eigenvalue weighted by Crippen LogP contribution is -2.39. The van der Waals surface area contributed by atoms with Crippen LogP contribution in [-0.4, -0.2) is 31.7 Å². The van der Waals surface area contributed by atoms with Gasteiger partial charge in [-0.25, -0.2) is 13.8 Å². The third kappa shape index (κ3) is 6.19. The van der Waals surface area contributed by atoms with E-state index in [1.54, 1.807) is 24.4 Å². The number of hydrogen-bond acceptors (Lipinski definition) is 4. The van der Waals surface area contributed by atoms with Gasteiger partial charge < -0.3 is 4.57 Å². The summed E-state index contributed by atoms with van der Waals surface area (Å²) in [5, 5.41) is 4.85. The summed E-state index contributed by atoms with van der Waals surface area (Å²) in [6.07, 6.45) is 1.56. The maximum atomic E-state index is 13.5. The van der Waals surface area contributed by atoms with Gasteiger partial charge in [0.05, 0.1) is 22.5 Å². The van der Waals surface area contributed by atoms with Crippen molar-refractivity contribution in [3.8, 4) is 5.69 Å². The van der Waals surface area contributed by atoms with E-state index in [9.17, 15) is 13.2 Å². The van der Waals surface area contributed by atoms with Crippen molar-refractivity contribution < 1.29 is 13.2 Å². The number of aromatic nitrogens is 1. The van der Waals surface area contributed by atoms with Crippen LogP contribution in [0.25, 0.3) is 5.69 Å². The zero-order chi connectivity index (χ0) is 28.3. The maximum Gasteiger partial charge on any atom is 0.264 e. The number of carbonyl (C=O) groups excluding carboxylic acids is 1. The number of rotatable bonds is 8. The molecular weight excluding hydrogens is 555 g/mol. The summed E-state index contributed by atoms with van der Waals surface area (Å²) in [7, 11) is -4.11.